The van der Waals surface area contributed by atoms with Gasteiger partial charge in [0.05, 0.1) is 6.54 Å². The Labute approximate surface area is 209 Å². The summed E-state index contributed by atoms with van der Waals surface area (Å²) in [5.41, 5.74) is 0.843. The van der Waals surface area contributed by atoms with Crippen LogP contribution in [0.2, 0.25) is 0 Å². The summed E-state index contributed by atoms with van der Waals surface area (Å²) in [6.07, 6.45) is -0.595. The Morgan fingerprint density at radius 3 is 2.22 bits per heavy atom. The van der Waals surface area contributed by atoms with Crippen molar-refractivity contribution in [2.24, 2.45) is 0 Å². The fourth-order valence-corrected chi connectivity index (χ4v) is 3.11. The number of likely N-dealkylation sites (N-methyl/N-ethyl adjacent to an activating group) is 1. The van der Waals surface area contributed by atoms with Crippen LogP contribution in [0.1, 0.15) is 12.5 Å². The third kappa shape index (κ3) is 7.77. The summed E-state index contributed by atoms with van der Waals surface area (Å²) in [4.78, 5) is 27.9. The number of rotatable bonds is 13. The topological polar surface area (TPSA) is 110 Å². The molecule has 1 heterocycles. The van der Waals surface area contributed by atoms with Crippen molar-refractivity contribution in [2.45, 2.75) is 19.4 Å². The van der Waals surface area contributed by atoms with Crippen molar-refractivity contribution in [2.75, 3.05) is 50.7 Å². The number of benzene rings is 2. The SMILES string of the molecule is CCO[C@@H](Cc1ccc(OCCN(C)c2nc(Oc3ccc(F)cc3)nc(N(C)C)n2)cc1)C(=O)O. The minimum atomic E-state index is -0.984. The first-order valence-electron chi connectivity index (χ1n) is 11.4. The molecule has 0 radical (unpaired) electrons. The number of anilines is 2. The van der Waals surface area contributed by atoms with Gasteiger partial charge in [0.1, 0.15) is 23.9 Å². The predicted molar refractivity (Wildman–Crippen MR) is 133 cm³/mol. The molecule has 1 atom stereocenters. The maximum Gasteiger partial charge on any atom is 0.333 e. The molecular weight excluding hydrogens is 469 g/mol. The number of aromatic nitrogens is 3. The molecule has 192 valence electrons. The lowest BCUT2D eigenvalue weighted by Gasteiger charge is -2.20. The minimum absolute atomic E-state index is 0.0883. The van der Waals surface area contributed by atoms with Gasteiger partial charge in [0.15, 0.2) is 6.10 Å². The van der Waals surface area contributed by atoms with Gasteiger partial charge in [0.2, 0.25) is 11.9 Å². The molecule has 10 nitrogen and oxygen atoms in total. The molecule has 0 spiro atoms. The molecule has 2 aromatic carbocycles. The molecule has 0 aliphatic heterocycles. The first kappa shape index (κ1) is 26.6. The summed E-state index contributed by atoms with van der Waals surface area (Å²) in [6, 6.07) is 12.9. The predicted octanol–water partition coefficient (Wildman–Crippen LogP) is 3.42. The third-order valence-corrected chi connectivity index (χ3v) is 5.04. The second kappa shape index (κ2) is 12.6. The van der Waals surface area contributed by atoms with E-state index < -0.39 is 12.1 Å². The highest BCUT2D eigenvalue weighted by Crippen LogP contribution is 2.22. The standard InChI is InChI=1S/C25H30FN5O5/c1-5-34-21(22(32)33)16-17-6-10-19(11-7-17)35-15-14-31(4)24-27-23(30(2)3)28-25(29-24)36-20-12-8-18(26)9-13-20/h6-13,21H,5,14-16H2,1-4H3,(H,32,33)/t21-/m0/s1. The molecule has 0 aliphatic carbocycles. The van der Waals surface area contributed by atoms with Crippen LogP contribution in [0, 0.1) is 5.82 Å². The Hall–Kier alpha value is -3.99. The van der Waals surface area contributed by atoms with Crippen LogP contribution >= 0.6 is 0 Å². The van der Waals surface area contributed by atoms with Crippen LogP contribution in [-0.4, -0.2) is 73.0 Å². The summed E-state index contributed by atoms with van der Waals surface area (Å²) in [5, 5.41) is 9.24. The van der Waals surface area contributed by atoms with E-state index in [0.29, 0.717) is 43.2 Å². The zero-order chi connectivity index (χ0) is 26.1. The maximum atomic E-state index is 13.2. The Morgan fingerprint density at radius 2 is 1.61 bits per heavy atom. The number of ether oxygens (including phenoxy) is 3. The van der Waals surface area contributed by atoms with Crippen molar-refractivity contribution < 1.29 is 28.5 Å². The quantitative estimate of drug-likeness (QED) is 0.376. The van der Waals surface area contributed by atoms with E-state index in [2.05, 4.69) is 15.0 Å². The Balaban J connectivity index is 1.59. The van der Waals surface area contributed by atoms with Crippen LogP contribution in [0.5, 0.6) is 17.5 Å². The summed E-state index contributed by atoms with van der Waals surface area (Å²) in [6.45, 7) is 2.92. The smallest absolute Gasteiger partial charge is 0.333 e. The fourth-order valence-electron chi connectivity index (χ4n) is 3.11. The van der Waals surface area contributed by atoms with Gasteiger partial charge in [0, 0.05) is 34.2 Å². The van der Waals surface area contributed by atoms with Gasteiger partial charge in [0.25, 0.3) is 0 Å². The van der Waals surface area contributed by atoms with E-state index in [1.807, 2.05) is 19.2 Å². The molecule has 0 bridgehead atoms. The van der Waals surface area contributed by atoms with Gasteiger partial charge in [-0.25, -0.2) is 9.18 Å². The van der Waals surface area contributed by atoms with Crippen LogP contribution in [-0.2, 0) is 16.0 Å². The molecule has 0 saturated carbocycles. The van der Waals surface area contributed by atoms with Crippen LogP contribution in [0.25, 0.3) is 0 Å². The van der Waals surface area contributed by atoms with Crippen molar-refractivity contribution in [3.8, 4) is 17.5 Å². The van der Waals surface area contributed by atoms with Gasteiger partial charge in [-0.05, 0) is 48.9 Å². The molecule has 0 saturated heterocycles. The van der Waals surface area contributed by atoms with Crippen LogP contribution in [0.15, 0.2) is 48.5 Å². The minimum Gasteiger partial charge on any atom is -0.492 e. The summed E-state index contributed by atoms with van der Waals surface area (Å²) in [5.74, 6) is 0.510. The Morgan fingerprint density at radius 1 is 0.972 bits per heavy atom. The Kier molecular flexibility index (Phi) is 9.34. The van der Waals surface area contributed by atoms with Gasteiger partial charge in [-0.2, -0.15) is 15.0 Å². The van der Waals surface area contributed by atoms with Gasteiger partial charge < -0.3 is 29.1 Å². The average molecular weight is 500 g/mol. The van der Waals surface area contributed by atoms with E-state index in [1.54, 1.807) is 43.0 Å². The summed E-state index contributed by atoms with van der Waals surface area (Å²) in [7, 11) is 5.43. The summed E-state index contributed by atoms with van der Waals surface area (Å²) >= 11 is 0. The average Bonchev–Trinajstić information content (AvgIpc) is 2.85. The van der Waals surface area contributed by atoms with Gasteiger partial charge >= 0.3 is 12.0 Å². The van der Waals surface area contributed by atoms with E-state index in [0.717, 1.165) is 5.56 Å². The third-order valence-electron chi connectivity index (χ3n) is 5.04. The zero-order valence-electron chi connectivity index (χ0n) is 20.7. The highest BCUT2D eigenvalue weighted by Gasteiger charge is 2.18. The molecule has 0 unspecified atom stereocenters. The molecular formula is C25H30FN5O5. The number of hydrogen-bond donors (Lipinski definition) is 1. The van der Waals surface area contributed by atoms with Crippen molar-refractivity contribution >= 4 is 17.9 Å². The Bertz CT molecular complexity index is 1130. The second-order valence-corrected chi connectivity index (χ2v) is 8.07. The number of nitrogens with zero attached hydrogens (tertiary/aromatic N) is 5. The van der Waals surface area contributed by atoms with Gasteiger partial charge in [-0.15, -0.1) is 0 Å². The van der Waals surface area contributed by atoms with Crippen molar-refractivity contribution in [1.82, 2.24) is 15.0 Å². The normalized spacial score (nSPS) is 11.6. The van der Waals surface area contributed by atoms with Crippen LogP contribution in [0.3, 0.4) is 0 Å². The number of carboxylic acid groups (broad SMARTS) is 1. The van der Waals surface area contributed by atoms with Gasteiger partial charge in [-0.1, -0.05) is 12.1 Å². The number of carbonyl (C=O) groups is 1. The highest BCUT2D eigenvalue weighted by atomic mass is 19.1. The highest BCUT2D eigenvalue weighted by molar-refractivity contribution is 5.72. The molecule has 3 rings (SSSR count). The first-order chi connectivity index (χ1) is 17.2. The van der Waals surface area contributed by atoms with Crippen molar-refractivity contribution in [3.63, 3.8) is 0 Å². The van der Waals surface area contributed by atoms with Crippen LogP contribution in [0.4, 0.5) is 16.3 Å². The number of carboxylic acids is 1. The molecule has 36 heavy (non-hydrogen) atoms. The van der Waals surface area contributed by atoms with E-state index >= 15 is 0 Å². The molecule has 0 amide bonds. The van der Waals surface area contributed by atoms with E-state index in [-0.39, 0.29) is 18.2 Å². The zero-order valence-corrected chi connectivity index (χ0v) is 20.7. The van der Waals surface area contributed by atoms with Crippen molar-refractivity contribution in [1.29, 1.82) is 0 Å². The molecule has 11 heteroatoms. The lowest BCUT2D eigenvalue weighted by Crippen LogP contribution is -2.27. The molecule has 3 aromatic rings. The molecule has 0 aliphatic rings. The van der Waals surface area contributed by atoms with Gasteiger partial charge in [-0.3, -0.25) is 0 Å². The van der Waals surface area contributed by atoms with E-state index in [1.165, 1.54) is 24.3 Å². The monoisotopic (exact) mass is 499 g/mol. The summed E-state index contributed by atoms with van der Waals surface area (Å²) < 4.78 is 30.0. The number of halogens is 1. The second-order valence-electron chi connectivity index (χ2n) is 8.07. The van der Waals surface area contributed by atoms with Crippen LogP contribution < -0.4 is 19.3 Å². The van der Waals surface area contributed by atoms with Crippen molar-refractivity contribution in [3.05, 3.63) is 59.9 Å². The fraction of sp³-hybridized carbons (Fsp3) is 0.360. The van der Waals surface area contributed by atoms with E-state index in [9.17, 15) is 14.3 Å². The molecule has 1 aromatic heterocycles. The van der Waals surface area contributed by atoms with E-state index in [4.69, 9.17) is 14.2 Å². The number of aliphatic carboxylic acids is 1. The largest absolute Gasteiger partial charge is 0.492 e. The lowest BCUT2D eigenvalue weighted by molar-refractivity contribution is -0.149. The maximum absolute atomic E-state index is 13.2. The number of hydrogen-bond acceptors (Lipinski definition) is 9. The lowest BCUT2D eigenvalue weighted by atomic mass is 10.1. The molecule has 1 N–H and O–H groups in total. The molecule has 0 fully saturated rings. The first-order valence-corrected chi connectivity index (χ1v) is 11.4.